The average molecular weight is 2410 g/mol. The number of piperidine rings is 3. The van der Waals surface area contributed by atoms with Crippen molar-refractivity contribution in [2.75, 3.05) is 74.0 Å². The van der Waals surface area contributed by atoms with Crippen molar-refractivity contribution in [2.24, 2.45) is 40.9 Å². The van der Waals surface area contributed by atoms with Crippen LogP contribution in [-0.4, -0.2) is 199 Å². The Kier molecular flexibility index (Phi) is 85.3. The average Bonchev–Trinajstić information content (AvgIpc) is 0.816. The summed E-state index contributed by atoms with van der Waals surface area (Å²) in [5.41, 5.74) is 17.2. The van der Waals surface area contributed by atoms with Crippen molar-refractivity contribution in [3.63, 3.8) is 0 Å². The van der Waals surface area contributed by atoms with Crippen LogP contribution >= 0.6 is 152 Å². The van der Waals surface area contributed by atoms with Gasteiger partial charge in [-0.1, -0.05) is 90.1 Å². The Balaban J connectivity index is -0.000000369. The van der Waals surface area contributed by atoms with Gasteiger partial charge in [0.1, 0.15) is 11.6 Å². The van der Waals surface area contributed by atoms with Crippen LogP contribution in [0.3, 0.4) is 0 Å². The fraction of sp³-hybridized carbons (Fsp3) is 0.949. The van der Waals surface area contributed by atoms with Crippen LogP contribution in [0.4, 0.5) is 0 Å². The van der Waals surface area contributed by atoms with Crippen LogP contribution in [0.2, 0.25) is 18.1 Å². The summed E-state index contributed by atoms with van der Waals surface area (Å²) in [6, 6.07) is 5.41. The van der Waals surface area contributed by atoms with Gasteiger partial charge in [0.25, 0.3) is 0 Å². The maximum absolute atomic E-state index is 11.1. The molecule has 29 heteroatoms. The normalized spacial score (nSPS) is 29.7. The van der Waals surface area contributed by atoms with Crippen molar-refractivity contribution in [1.82, 2.24) is 23.8 Å². The summed E-state index contributed by atoms with van der Waals surface area (Å²) in [4.78, 5) is 26.9. The molecule has 10 aliphatic rings. The first-order valence-electron chi connectivity index (χ1n) is 40.9. The molecule has 3 heterocycles. The summed E-state index contributed by atoms with van der Waals surface area (Å²) in [6.45, 7) is 41.2. The molecule has 14 nitrogen and oxygen atoms in total. The number of Topliss-reactive ketones (excluding diaryl/α,β-unsaturated/α-hetero) is 2. The number of quaternary nitrogens is 1. The molecule has 6 unspecified atom stereocenters. The quantitative estimate of drug-likeness (QED) is 0.0434. The zero-order valence-corrected chi connectivity index (χ0v) is 93.2. The van der Waals surface area contributed by atoms with Gasteiger partial charge < -0.3 is 79.0 Å². The van der Waals surface area contributed by atoms with Crippen LogP contribution in [0.25, 0.3) is 0 Å². The number of aliphatic hydroxyl groups excluding tert-OH is 2. The number of rotatable bonds is 11. The van der Waals surface area contributed by atoms with E-state index in [0.29, 0.717) is 56.3 Å². The van der Waals surface area contributed by atoms with Crippen molar-refractivity contribution in [3.05, 3.63) is 13.8 Å². The van der Waals surface area contributed by atoms with Crippen molar-refractivity contribution in [3.8, 4) is 0 Å². The van der Waals surface area contributed by atoms with Gasteiger partial charge in [0.15, 0.2) is 8.32 Å². The van der Waals surface area contributed by atoms with Gasteiger partial charge in [-0.15, -0.1) is 0 Å². The third kappa shape index (κ3) is 61.5. The standard InChI is InChI=1S/C13H31NOP2Si.C12H24N2.C12H21NO.C8H16NO.C8H19NP2.C7H17NOP2.C7H15N.C6H13NO.2C2H5.2CH4.6HI.2V/c1-13(2,3)18(5,6)15-12-9-7-11(8-10-12)14(4)17-16;1-10-2-4-12(5-3-10)14-8-6-11(13)7-9-14;1-10-2-4-11(5-3-10)13-8-6-12(14)7-9-13;1-3-9(2)6-4-8(10)5-7-9;1-7-3-5-8(6-4-7)9(2)11-10;1-8(11-10)6-2-4-7(9)5-3-6;1-6-2-4-7(8)5-3-6;7-5-1-3-6(8)4-2-5;2*1-2;;;;;;;;;;/h11-12,17H,7-10,16H2,1-6H3;10-12H,2-9,13H2,1H3;10-11H,2-9H2,1H3;3-7H2,1-2H3;7-8,11H,3-6,10H2,1-2H3;6-7,9,11H,2-5,10H2,1H3;6-7H,2-5,8H2,1H3;5-6,8H,1-4,7H2;2*1H2,2H3;2*1H4;6*1H;;/q;;;+1;;;;;2*-1;;;;;;;;;+2;+3/p-6. The first kappa shape index (κ1) is 124. The Hall–Kier alpha value is 7.21. The number of hydrogen-bond donors (Lipinski definition) is 5. The number of aliphatic hydroxyl groups is 2. The summed E-state index contributed by atoms with van der Waals surface area (Å²) in [5.74, 6) is 4.73. The van der Waals surface area contributed by atoms with Gasteiger partial charge in [-0.25, -0.2) is 0 Å². The Labute approximate surface area is 768 Å². The number of likely N-dealkylation sites (tertiary alicyclic amines) is 3. The predicted octanol–water partition coefficient (Wildman–Crippen LogP) is 20.3. The molecule has 0 amide bonds. The molecule has 0 aromatic carbocycles. The van der Waals surface area contributed by atoms with Crippen molar-refractivity contribution in [1.29, 1.82) is 0 Å². The summed E-state index contributed by atoms with van der Waals surface area (Å²) < 4.78 is 14.9. The molecule has 8 N–H and O–H groups in total. The molecule has 0 bridgehead atoms. The third-order valence-corrected chi connectivity index (χ3v) is 34.7. The Morgan fingerprint density at radius 3 is 1.06 bits per heavy atom. The van der Waals surface area contributed by atoms with Crippen LogP contribution in [0, 0.1) is 37.5 Å². The second-order valence-corrected chi connectivity index (χ2v) is 90.6. The van der Waals surface area contributed by atoms with Crippen LogP contribution in [-0.2, 0) is 28.4 Å². The number of carbonyl (C=O) groups is 2. The summed E-state index contributed by atoms with van der Waals surface area (Å²) in [5, 5.41) is 18.6. The maximum atomic E-state index is 11.1. The van der Waals surface area contributed by atoms with E-state index >= 15 is 0 Å². The van der Waals surface area contributed by atoms with Gasteiger partial charge >= 0.3 is 114 Å². The molecule has 0 aromatic heterocycles. The SMILES string of the molecule is C.C.CC1CCC(N(C)PP)CC1.CC1CCC(N)CC1.CC1CCC(N2CCC(=O)CC2)CC1.CC1CCC(N2CCC(N)CC2)CC1.CC[N+]1(C)CCC(=O)CC1.CN(PP)C1CCC(O)CC1.CN(PP)C1CCC(O[Si](C)(C)C(C)(C)C)CC1.NC1CCC(O)CC1.[CH2-]C.[CH2-]C.[I-].[I][V]([I])[I].[I][V][I]. The molecular formula is C79H174I6N9O5P6SiV2-2. The summed E-state index contributed by atoms with van der Waals surface area (Å²) in [7, 11) is 19.0. The second-order valence-electron chi connectivity index (χ2n) is 33.4. The molecule has 3 aliphatic heterocycles. The van der Waals surface area contributed by atoms with Crippen LogP contribution in [0.5, 0.6) is 0 Å². The fourth-order valence-corrected chi connectivity index (χ4v) is 19.6. The monoisotopic (exact) mass is 2410 g/mol. The van der Waals surface area contributed by atoms with E-state index in [9.17, 15) is 14.7 Å². The minimum absolute atomic E-state index is 0. The molecule has 653 valence electrons. The van der Waals surface area contributed by atoms with E-state index < -0.39 is 8.32 Å². The molecule has 6 atom stereocenters. The molecule has 0 aromatic rings. The number of hydrogen-bond acceptors (Lipinski definition) is 13. The van der Waals surface area contributed by atoms with E-state index in [1.807, 2.05) is 0 Å². The van der Waals surface area contributed by atoms with Gasteiger partial charge in [0.2, 0.25) is 0 Å². The van der Waals surface area contributed by atoms with E-state index in [1.54, 1.807) is 13.8 Å². The third-order valence-electron chi connectivity index (χ3n) is 24.2. The van der Waals surface area contributed by atoms with E-state index in [1.165, 1.54) is 167 Å². The first-order chi connectivity index (χ1) is 49.5. The Morgan fingerprint density at radius 1 is 0.519 bits per heavy atom. The van der Waals surface area contributed by atoms with E-state index in [2.05, 4.69) is 261 Å². The minimum atomic E-state index is -1.57. The zero-order valence-electron chi connectivity index (χ0n) is 70.0. The molecule has 108 heavy (non-hydrogen) atoms. The molecule has 7 aliphatic carbocycles. The van der Waals surface area contributed by atoms with Gasteiger partial charge in [-0.05, 0) is 301 Å². The van der Waals surface area contributed by atoms with Crippen molar-refractivity contribution < 1.29 is 67.1 Å². The molecule has 0 spiro atoms. The topological polar surface area (TPSA) is 178 Å². The summed E-state index contributed by atoms with van der Waals surface area (Å²) in [6.07, 6.45) is 41.4. The summed E-state index contributed by atoms with van der Waals surface area (Å²) >= 11 is 12.1. The zero-order chi connectivity index (χ0) is 80.3. The van der Waals surface area contributed by atoms with Gasteiger partial charge in [0.05, 0.1) is 51.7 Å². The van der Waals surface area contributed by atoms with E-state index in [4.69, 9.17) is 26.7 Å². The van der Waals surface area contributed by atoms with E-state index in [0.717, 1.165) is 175 Å². The molecule has 10 rings (SSSR count). The van der Waals surface area contributed by atoms with Crippen LogP contribution in [0.1, 0.15) is 302 Å². The fourth-order valence-electron chi connectivity index (χ4n) is 14.9. The number of ketones is 2. The second kappa shape index (κ2) is 74.5. The van der Waals surface area contributed by atoms with Crippen molar-refractivity contribution >= 4 is 172 Å². The van der Waals surface area contributed by atoms with Gasteiger partial charge in [-0.2, -0.15) is 13.8 Å². The molecule has 3 saturated heterocycles. The molecule has 0 radical (unpaired) electrons. The van der Waals surface area contributed by atoms with Crippen molar-refractivity contribution in [2.45, 2.75) is 387 Å². The van der Waals surface area contributed by atoms with E-state index in [-0.39, 0.29) is 56.0 Å². The Morgan fingerprint density at radius 2 is 0.769 bits per heavy atom. The number of carbonyl (C=O) groups excluding carboxylic acids is 2. The molecule has 10 fully saturated rings. The van der Waals surface area contributed by atoms with Gasteiger partial charge in [0, 0.05) is 80.4 Å². The van der Waals surface area contributed by atoms with Gasteiger partial charge in [-0.3, -0.25) is 28.5 Å². The first-order valence-corrected chi connectivity index (χ1v) is 74.6. The van der Waals surface area contributed by atoms with Crippen LogP contribution in [0.15, 0.2) is 0 Å². The predicted molar refractivity (Wildman–Crippen MR) is 533 cm³/mol. The number of nitrogens with two attached hydrogens (primary N) is 3. The molecular weight excluding hydrogens is 2230 g/mol. The molecule has 7 saturated carbocycles. The van der Waals surface area contributed by atoms with Crippen LogP contribution < -0.4 is 41.2 Å². The Bertz CT molecular complexity index is 1940. The number of nitrogens with zero attached hydrogens (tertiary/aromatic N) is 6. The number of halogens is 6.